The standard InChI is InChI=1S/C18H23ClN4O4S/c19-15-9-5-4-8-14(15)16-12-17(22-27-16)21-18(24)20-10-11-28(25,26)23-13-6-2-1-3-7-13/h4-5,8-9,12-13,23H,1-3,6-7,10-11H2,(H2,20,21,22,24). The highest BCUT2D eigenvalue weighted by atomic mass is 35.5. The van der Waals surface area contributed by atoms with Gasteiger partial charge in [-0.3, -0.25) is 5.32 Å². The number of sulfonamides is 1. The van der Waals surface area contributed by atoms with E-state index < -0.39 is 16.1 Å². The van der Waals surface area contributed by atoms with E-state index in [9.17, 15) is 13.2 Å². The molecule has 0 atom stereocenters. The van der Waals surface area contributed by atoms with E-state index in [-0.39, 0.29) is 24.2 Å². The van der Waals surface area contributed by atoms with Crippen molar-refractivity contribution in [3.63, 3.8) is 0 Å². The lowest BCUT2D eigenvalue weighted by Gasteiger charge is -2.22. The Morgan fingerprint density at radius 2 is 1.96 bits per heavy atom. The minimum atomic E-state index is -3.43. The normalized spacial score (nSPS) is 15.3. The van der Waals surface area contributed by atoms with Crippen LogP contribution >= 0.6 is 11.6 Å². The lowest BCUT2D eigenvalue weighted by atomic mass is 9.96. The maximum Gasteiger partial charge on any atom is 0.320 e. The summed E-state index contributed by atoms with van der Waals surface area (Å²) in [5.74, 6) is 0.441. The average molecular weight is 427 g/mol. The maximum absolute atomic E-state index is 12.1. The van der Waals surface area contributed by atoms with Gasteiger partial charge in [0.25, 0.3) is 0 Å². The van der Waals surface area contributed by atoms with Gasteiger partial charge in [-0.1, -0.05) is 48.2 Å². The number of rotatable bonds is 7. The summed E-state index contributed by atoms with van der Waals surface area (Å²) in [6.07, 6.45) is 4.98. The molecule has 2 aromatic rings. The quantitative estimate of drug-likeness (QED) is 0.628. The van der Waals surface area contributed by atoms with E-state index >= 15 is 0 Å². The number of amides is 2. The molecule has 0 unspecified atom stereocenters. The van der Waals surface area contributed by atoms with Gasteiger partial charge in [-0.2, -0.15) is 0 Å². The zero-order chi connectivity index (χ0) is 20.0. The molecule has 1 heterocycles. The Bertz CT molecular complexity index is 910. The van der Waals surface area contributed by atoms with Crippen molar-refractivity contribution < 1.29 is 17.7 Å². The van der Waals surface area contributed by atoms with Gasteiger partial charge in [0.1, 0.15) is 0 Å². The largest absolute Gasteiger partial charge is 0.354 e. The maximum atomic E-state index is 12.1. The molecular formula is C18H23ClN4O4S. The number of carbonyl (C=O) groups excluding carboxylic acids is 1. The number of urea groups is 1. The second-order valence-electron chi connectivity index (χ2n) is 6.71. The molecule has 152 valence electrons. The molecule has 1 aromatic carbocycles. The van der Waals surface area contributed by atoms with Crippen LogP contribution in [0.15, 0.2) is 34.9 Å². The predicted molar refractivity (Wildman–Crippen MR) is 108 cm³/mol. The first-order chi connectivity index (χ1) is 13.4. The van der Waals surface area contributed by atoms with Gasteiger partial charge in [0.15, 0.2) is 11.6 Å². The van der Waals surface area contributed by atoms with E-state index in [0.717, 1.165) is 32.1 Å². The fraction of sp³-hybridized carbons (Fsp3) is 0.444. The highest BCUT2D eigenvalue weighted by molar-refractivity contribution is 7.89. The van der Waals surface area contributed by atoms with Crippen molar-refractivity contribution >= 4 is 33.5 Å². The van der Waals surface area contributed by atoms with Crippen LogP contribution in [0.3, 0.4) is 0 Å². The van der Waals surface area contributed by atoms with Crippen LogP contribution in [-0.2, 0) is 10.0 Å². The van der Waals surface area contributed by atoms with E-state index in [1.54, 1.807) is 24.3 Å². The number of nitrogens with zero attached hydrogens (tertiary/aromatic N) is 1. The molecule has 1 fully saturated rings. The van der Waals surface area contributed by atoms with Crippen molar-refractivity contribution in [2.45, 2.75) is 38.1 Å². The van der Waals surface area contributed by atoms with Crippen molar-refractivity contribution in [2.24, 2.45) is 0 Å². The molecule has 1 aliphatic rings. The van der Waals surface area contributed by atoms with Crippen molar-refractivity contribution in [2.75, 3.05) is 17.6 Å². The SMILES string of the molecule is O=C(NCCS(=O)(=O)NC1CCCCC1)Nc1cc(-c2ccccc2Cl)on1. The smallest absolute Gasteiger partial charge is 0.320 e. The number of benzene rings is 1. The first kappa shape index (κ1) is 20.6. The third-order valence-corrected chi connectivity index (χ3v) is 6.26. The van der Waals surface area contributed by atoms with Gasteiger partial charge in [0, 0.05) is 24.2 Å². The summed E-state index contributed by atoms with van der Waals surface area (Å²) >= 11 is 6.10. The first-order valence-electron chi connectivity index (χ1n) is 9.19. The van der Waals surface area contributed by atoms with E-state index in [2.05, 4.69) is 20.5 Å². The summed E-state index contributed by atoms with van der Waals surface area (Å²) in [4.78, 5) is 12.0. The van der Waals surface area contributed by atoms with E-state index in [1.165, 1.54) is 0 Å². The van der Waals surface area contributed by atoms with Crippen molar-refractivity contribution in [1.29, 1.82) is 0 Å². The molecule has 8 nitrogen and oxygen atoms in total. The van der Waals surface area contributed by atoms with Gasteiger partial charge in [-0.05, 0) is 25.0 Å². The van der Waals surface area contributed by atoms with Gasteiger partial charge in [0.2, 0.25) is 10.0 Å². The number of hydrogen-bond acceptors (Lipinski definition) is 5. The van der Waals surface area contributed by atoms with E-state index in [0.29, 0.717) is 16.3 Å². The lowest BCUT2D eigenvalue weighted by Crippen LogP contribution is -2.41. The fourth-order valence-corrected chi connectivity index (χ4v) is 4.58. The number of nitrogens with one attached hydrogen (secondary N) is 3. The molecule has 2 amide bonds. The molecule has 0 spiro atoms. The Labute approximate surface area is 169 Å². The van der Waals surface area contributed by atoms with Crippen LogP contribution in [0, 0.1) is 0 Å². The fourth-order valence-electron chi connectivity index (χ4n) is 3.11. The van der Waals surface area contributed by atoms with Crippen LogP contribution in [0.1, 0.15) is 32.1 Å². The Morgan fingerprint density at radius 1 is 1.21 bits per heavy atom. The number of hydrogen-bond donors (Lipinski definition) is 3. The van der Waals surface area contributed by atoms with Crippen molar-refractivity contribution in [3.8, 4) is 11.3 Å². The summed E-state index contributed by atoms with van der Waals surface area (Å²) in [6.45, 7) is -0.0108. The minimum Gasteiger partial charge on any atom is -0.354 e. The number of anilines is 1. The Kier molecular flexibility index (Phi) is 6.93. The molecule has 3 rings (SSSR count). The monoisotopic (exact) mass is 426 g/mol. The van der Waals surface area contributed by atoms with Crippen LogP contribution in [0.2, 0.25) is 5.02 Å². The van der Waals surface area contributed by atoms with Crippen LogP contribution in [-0.4, -0.2) is 37.9 Å². The predicted octanol–water partition coefficient (Wildman–Crippen LogP) is 3.37. The molecule has 0 aliphatic heterocycles. The van der Waals surface area contributed by atoms with Gasteiger partial charge in [-0.15, -0.1) is 0 Å². The number of aromatic nitrogens is 1. The van der Waals surface area contributed by atoms with Gasteiger partial charge in [-0.25, -0.2) is 17.9 Å². The molecule has 28 heavy (non-hydrogen) atoms. The third-order valence-electron chi connectivity index (χ3n) is 4.50. The van der Waals surface area contributed by atoms with Crippen molar-refractivity contribution in [3.05, 3.63) is 35.4 Å². The summed E-state index contributed by atoms with van der Waals surface area (Å²) in [6, 6.07) is 8.09. The Balaban J connectivity index is 1.45. The lowest BCUT2D eigenvalue weighted by molar-refractivity contribution is 0.252. The van der Waals surface area contributed by atoms with Crippen LogP contribution in [0.25, 0.3) is 11.3 Å². The van der Waals surface area contributed by atoms with Crippen molar-refractivity contribution in [1.82, 2.24) is 15.2 Å². The molecular weight excluding hydrogens is 404 g/mol. The highest BCUT2D eigenvalue weighted by Crippen LogP contribution is 2.29. The van der Waals surface area contributed by atoms with Crippen LogP contribution < -0.4 is 15.4 Å². The molecule has 0 radical (unpaired) electrons. The number of carbonyl (C=O) groups is 1. The summed E-state index contributed by atoms with van der Waals surface area (Å²) < 4.78 is 32.1. The molecule has 1 saturated carbocycles. The van der Waals surface area contributed by atoms with E-state index in [1.807, 2.05) is 6.07 Å². The number of halogens is 1. The van der Waals surface area contributed by atoms with E-state index in [4.69, 9.17) is 16.1 Å². The Hall–Kier alpha value is -2.10. The van der Waals surface area contributed by atoms with Gasteiger partial charge in [0.05, 0.1) is 10.8 Å². The minimum absolute atomic E-state index is 0.00550. The second-order valence-corrected chi connectivity index (χ2v) is 8.99. The van der Waals surface area contributed by atoms with Crippen LogP contribution in [0.5, 0.6) is 0 Å². The molecule has 0 saturated heterocycles. The zero-order valence-electron chi connectivity index (χ0n) is 15.3. The molecule has 1 aromatic heterocycles. The molecule has 0 bridgehead atoms. The van der Waals surface area contributed by atoms with Gasteiger partial charge >= 0.3 is 6.03 Å². The first-order valence-corrected chi connectivity index (χ1v) is 11.2. The molecule has 10 heteroatoms. The molecule has 3 N–H and O–H groups in total. The topological polar surface area (TPSA) is 113 Å². The summed E-state index contributed by atoms with van der Waals surface area (Å²) in [7, 11) is -3.43. The summed E-state index contributed by atoms with van der Waals surface area (Å²) in [5.41, 5.74) is 0.657. The Morgan fingerprint density at radius 3 is 2.71 bits per heavy atom. The van der Waals surface area contributed by atoms with Crippen LogP contribution in [0.4, 0.5) is 10.6 Å². The zero-order valence-corrected chi connectivity index (χ0v) is 16.9. The third kappa shape index (κ3) is 5.95. The van der Waals surface area contributed by atoms with Gasteiger partial charge < -0.3 is 9.84 Å². The summed E-state index contributed by atoms with van der Waals surface area (Å²) in [5, 5.41) is 9.29. The second kappa shape index (κ2) is 9.40. The molecule has 1 aliphatic carbocycles. The highest BCUT2D eigenvalue weighted by Gasteiger charge is 2.20. The average Bonchev–Trinajstić information content (AvgIpc) is 3.10.